The lowest BCUT2D eigenvalue weighted by molar-refractivity contribution is -0.150. The highest BCUT2D eigenvalue weighted by atomic mass is 16.5. The summed E-state index contributed by atoms with van der Waals surface area (Å²) < 4.78 is 11.1. The fourth-order valence-corrected chi connectivity index (χ4v) is 5.76. The number of methoxy groups -OCH3 is 2. The standard InChI is InChI=1S/C33H38N2O6/c1-18-10-8-12-24(20(18)3)34-31(37)29-26(36)17-33(5,39)30(32(38)35-25-13-9-11-19(2)21(25)4)28(29)23-16-22(40-6)14-15-27(23)41-7/h8-16,28-30,39H,17H2,1-7H3,(H,34,37)(H,35,38). The molecule has 0 aliphatic heterocycles. The SMILES string of the molecule is COc1ccc(OC)c(C2C(C(=O)Nc3cccc(C)c3C)C(=O)CC(C)(O)C2C(=O)Nc2cccc(C)c2C)c1. The molecule has 1 aliphatic carbocycles. The molecule has 0 heterocycles. The van der Waals surface area contributed by atoms with Crippen LogP contribution in [0.25, 0.3) is 0 Å². The van der Waals surface area contributed by atoms with Gasteiger partial charge in [0.05, 0.1) is 25.7 Å². The molecular formula is C33H38N2O6. The van der Waals surface area contributed by atoms with Crippen molar-refractivity contribution in [2.75, 3.05) is 24.9 Å². The Labute approximate surface area is 241 Å². The fraction of sp³-hybridized carbons (Fsp3) is 0.364. The Kier molecular flexibility index (Phi) is 8.54. The van der Waals surface area contributed by atoms with Crippen molar-refractivity contribution in [2.45, 2.75) is 52.6 Å². The molecule has 1 saturated carbocycles. The first-order valence-corrected chi connectivity index (χ1v) is 13.6. The second-order valence-corrected chi connectivity index (χ2v) is 11.1. The van der Waals surface area contributed by atoms with Gasteiger partial charge in [-0.15, -0.1) is 0 Å². The lowest BCUT2D eigenvalue weighted by atomic mass is 9.61. The highest BCUT2D eigenvalue weighted by Gasteiger charge is 2.56. The largest absolute Gasteiger partial charge is 0.497 e. The Balaban J connectivity index is 1.88. The molecule has 8 nitrogen and oxygen atoms in total. The van der Waals surface area contributed by atoms with E-state index < -0.39 is 41.0 Å². The van der Waals surface area contributed by atoms with Crippen molar-refractivity contribution >= 4 is 29.0 Å². The maximum Gasteiger partial charge on any atom is 0.235 e. The number of benzene rings is 3. The summed E-state index contributed by atoms with van der Waals surface area (Å²) in [7, 11) is 2.98. The smallest absolute Gasteiger partial charge is 0.235 e. The van der Waals surface area contributed by atoms with E-state index in [1.54, 1.807) is 30.3 Å². The van der Waals surface area contributed by atoms with Crippen molar-refractivity contribution in [3.63, 3.8) is 0 Å². The number of amides is 2. The molecule has 8 heteroatoms. The minimum Gasteiger partial charge on any atom is -0.497 e. The minimum absolute atomic E-state index is 0.369. The van der Waals surface area contributed by atoms with Crippen LogP contribution >= 0.6 is 0 Å². The Morgan fingerprint density at radius 3 is 1.95 bits per heavy atom. The van der Waals surface area contributed by atoms with Crippen LogP contribution in [0.1, 0.15) is 47.1 Å². The van der Waals surface area contributed by atoms with Crippen LogP contribution in [0.4, 0.5) is 11.4 Å². The lowest BCUT2D eigenvalue weighted by Crippen LogP contribution is -2.56. The molecule has 41 heavy (non-hydrogen) atoms. The van der Waals surface area contributed by atoms with Crippen molar-refractivity contribution < 1.29 is 29.0 Å². The van der Waals surface area contributed by atoms with Gasteiger partial charge in [-0.1, -0.05) is 24.3 Å². The number of Topliss-reactive ketones (excluding diaryl/α,β-unsaturated/α-hetero) is 1. The maximum atomic E-state index is 14.1. The summed E-state index contributed by atoms with van der Waals surface area (Å²) in [4.78, 5) is 41.9. The molecule has 1 fully saturated rings. The molecule has 3 N–H and O–H groups in total. The van der Waals surface area contributed by atoms with E-state index in [4.69, 9.17) is 9.47 Å². The van der Waals surface area contributed by atoms with Gasteiger partial charge >= 0.3 is 0 Å². The molecule has 4 rings (SSSR count). The van der Waals surface area contributed by atoms with Crippen LogP contribution in [0.3, 0.4) is 0 Å². The van der Waals surface area contributed by atoms with Crippen LogP contribution in [0.2, 0.25) is 0 Å². The lowest BCUT2D eigenvalue weighted by Gasteiger charge is -2.44. The van der Waals surface area contributed by atoms with Crippen molar-refractivity contribution in [3.05, 3.63) is 82.4 Å². The first kappa shape index (κ1) is 29.8. The number of aryl methyl sites for hydroxylation is 2. The van der Waals surface area contributed by atoms with Gasteiger partial charge in [0.2, 0.25) is 11.8 Å². The van der Waals surface area contributed by atoms with Crippen molar-refractivity contribution in [1.82, 2.24) is 0 Å². The molecule has 4 unspecified atom stereocenters. The summed E-state index contributed by atoms with van der Waals surface area (Å²) in [5.41, 5.74) is 3.56. The highest BCUT2D eigenvalue weighted by molar-refractivity contribution is 6.11. The topological polar surface area (TPSA) is 114 Å². The molecule has 4 atom stereocenters. The number of anilines is 2. The number of ether oxygens (including phenoxy) is 2. The number of carbonyl (C=O) groups is 3. The van der Waals surface area contributed by atoms with Gasteiger partial charge in [-0.3, -0.25) is 14.4 Å². The third-order valence-electron chi connectivity index (χ3n) is 8.35. The number of rotatable bonds is 7. The summed E-state index contributed by atoms with van der Waals surface area (Å²) in [6.07, 6.45) is -0.369. The average Bonchev–Trinajstić information content (AvgIpc) is 2.92. The van der Waals surface area contributed by atoms with E-state index in [1.807, 2.05) is 52.0 Å². The minimum atomic E-state index is -1.76. The van der Waals surface area contributed by atoms with E-state index in [-0.39, 0.29) is 6.42 Å². The number of nitrogens with one attached hydrogen (secondary N) is 2. The number of carbonyl (C=O) groups excluding carboxylic acids is 3. The normalized spacial score (nSPS) is 22.1. The molecule has 216 valence electrons. The molecule has 0 bridgehead atoms. The van der Waals surface area contributed by atoms with Gasteiger partial charge in [0.15, 0.2) is 0 Å². The number of hydrogen-bond acceptors (Lipinski definition) is 6. The summed E-state index contributed by atoms with van der Waals surface area (Å²) >= 11 is 0. The molecule has 0 saturated heterocycles. The summed E-state index contributed by atoms with van der Waals surface area (Å²) in [5.74, 6) is -4.23. The van der Waals surface area contributed by atoms with E-state index >= 15 is 0 Å². The van der Waals surface area contributed by atoms with Gasteiger partial charge in [0, 0.05) is 29.3 Å². The van der Waals surface area contributed by atoms with E-state index in [0.29, 0.717) is 28.4 Å². The van der Waals surface area contributed by atoms with E-state index in [1.165, 1.54) is 21.1 Å². The molecule has 0 aromatic heterocycles. The quantitative estimate of drug-likeness (QED) is 0.341. The summed E-state index contributed by atoms with van der Waals surface area (Å²) in [6.45, 7) is 9.14. The van der Waals surface area contributed by atoms with E-state index in [9.17, 15) is 19.5 Å². The predicted octanol–water partition coefficient (Wildman–Crippen LogP) is 5.25. The average molecular weight is 559 g/mol. The second kappa shape index (κ2) is 11.7. The summed E-state index contributed by atoms with van der Waals surface area (Å²) in [6, 6.07) is 16.1. The molecule has 3 aromatic rings. The maximum absolute atomic E-state index is 14.1. The van der Waals surface area contributed by atoms with E-state index in [0.717, 1.165) is 22.3 Å². The molecule has 3 aromatic carbocycles. The summed E-state index contributed by atoms with van der Waals surface area (Å²) in [5, 5.41) is 17.6. The first-order chi connectivity index (χ1) is 19.4. The van der Waals surface area contributed by atoms with Gasteiger partial charge in [-0.2, -0.15) is 0 Å². The Bertz CT molecular complexity index is 1500. The molecular weight excluding hydrogens is 520 g/mol. The van der Waals surface area contributed by atoms with Crippen LogP contribution in [0.15, 0.2) is 54.6 Å². The van der Waals surface area contributed by atoms with Crippen LogP contribution in [-0.2, 0) is 14.4 Å². The number of aliphatic hydroxyl groups is 1. The van der Waals surface area contributed by atoms with Gasteiger partial charge in [0.25, 0.3) is 0 Å². The van der Waals surface area contributed by atoms with E-state index in [2.05, 4.69) is 10.6 Å². The molecule has 0 radical (unpaired) electrons. The van der Waals surface area contributed by atoms with Crippen molar-refractivity contribution in [1.29, 1.82) is 0 Å². The van der Waals surface area contributed by atoms with Crippen LogP contribution in [0, 0.1) is 39.5 Å². The van der Waals surface area contributed by atoms with Crippen LogP contribution < -0.4 is 20.1 Å². The molecule has 2 amide bonds. The third-order valence-corrected chi connectivity index (χ3v) is 8.35. The van der Waals surface area contributed by atoms with Crippen molar-refractivity contribution in [2.24, 2.45) is 11.8 Å². The number of ketones is 1. The Morgan fingerprint density at radius 2 is 1.41 bits per heavy atom. The molecule has 0 spiro atoms. The number of hydrogen-bond donors (Lipinski definition) is 3. The fourth-order valence-electron chi connectivity index (χ4n) is 5.76. The second-order valence-electron chi connectivity index (χ2n) is 11.1. The molecule has 1 aliphatic rings. The Morgan fingerprint density at radius 1 is 0.854 bits per heavy atom. The highest BCUT2D eigenvalue weighted by Crippen LogP contribution is 2.49. The zero-order valence-corrected chi connectivity index (χ0v) is 24.6. The zero-order chi connectivity index (χ0) is 30.1. The van der Waals surface area contributed by atoms with Gasteiger partial charge < -0.3 is 25.2 Å². The third kappa shape index (κ3) is 5.84. The van der Waals surface area contributed by atoms with Gasteiger partial charge in [0.1, 0.15) is 23.2 Å². The van der Waals surface area contributed by atoms with Gasteiger partial charge in [-0.05, 0) is 87.2 Å². The first-order valence-electron chi connectivity index (χ1n) is 13.6. The van der Waals surface area contributed by atoms with Crippen LogP contribution in [0.5, 0.6) is 11.5 Å². The van der Waals surface area contributed by atoms with Crippen LogP contribution in [-0.4, -0.2) is 42.5 Å². The Hall–Kier alpha value is -4.17. The van der Waals surface area contributed by atoms with Crippen molar-refractivity contribution in [3.8, 4) is 11.5 Å². The van der Waals surface area contributed by atoms with Gasteiger partial charge in [-0.25, -0.2) is 0 Å². The predicted molar refractivity (Wildman–Crippen MR) is 159 cm³/mol. The monoisotopic (exact) mass is 558 g/mol. The zero-order valence-electron chi connectivity index (χ0n) is 24.6.